The molecule has 0 bridgehead atoms. The van der Waals surface area contributed by atoms with Crippen molar-refractivity contribution < 1.29 is 4.79 Å². The first-order chi connectivity index (χ1) is 10.1. The van der Waals surface area contributed by atoms with Gasteiger partial charge in [-0.2, -0.15) is 0 Å². The van der Waals surface area contributed by atoms with Gasteiger partial charge in [-0.05, 0) is 30.4 Å². The average Bonchev–Trinajstić information content (AvgIpc) is 2.49. The van der Waals surface area contributed by atoms with E-state index in [0.29, 0.717) is 0 Å². The second kappa shape index (κ2) is 7.52. The van der Waals surface area contributed by atoms with Crippen LogP contribution >= 0.6 is 0 Å². The van der Waals surface area contributed by atoms with Crippen LogP contribution in [0, 0.1) is 5.92 Å². The molecule has 3 N–H and O–H groups in total. The van der Waals surface area contributed by atoms with Gasteiger partial charge in [-0.15, -0.1) is 0 Å². The Balaban J connectivity index is 1.74. The van der Waals surface area contributed by atoms with Crippen LogP contribution in [0.5, 0.6) is 0 Å². The van der Waals surface area contributed by atoms with Crippen molar-refractivity contribution in [2.45, 2.75) is 45.3 Å². The molecule has 0 spiro atoms. The third-order valence-corrected chi connectivity index (χ3v) is 4.08. The van der Waals surface area contributed by atoms with Gasteiger partial charge in [-0.1, -0.05) is 19.9 Å². The molecule has 1 saturated heterocycles. The summed E-state index contributed by atoms with van der Waals surface area (Å²) in [5, 5.41) is 3.08. The fourth-order valence-corrected chi connectivity index (χ4v) is 2.59. The third kappa shape index (κ3) is 4.79. The number of aromatic nitrogens is 1. The van der Waals surface area contributed by atoms with Gasteiger partial charge in [0.1, 0.15) is 0 Å². The van der Waals surface area contributed by atoms with E-state index < -0.39 is 6.04 Å². The molecule has 0 unspecified atom stereocenters. The molecule has 1 aromatic heterocycles. The number of nitrogens with two attached hydrogens (primary N) is 1. The number of piperidine rings is 1. The maximum absolute atomic E-state index is 12.0. The van der Waals surface area contributed by atoms with E-state index in [0.717, 1.165) is 32.5 Å². The van der Waals surface area contributed by atoms with Crippen LogP contribution in [0.4, 0.5) is 0 Å². The maximum atomic E-state index is 12.0. The molecule has 5 nitrogen and oxygen atoms in total. The molecule has 0 aromatic carbocycles. The van der Waals surface area contributed by atoms with E-state index in [1.54, 1.807) is 6.20 Å². The lowest BCUT2D eigenvalue weighted by Gasteiger charge is -2.33. The van der Waals surface area contributed by atoms with Crippen molar-refractivity contribution in [3.05, 3.63) is 30.1 Å². The molecule has 5 heteroatoms. The number of hydrogen-bond acceptors (Lipinski definition) is 4. The molecule has 2 heterocycles. The van der Waals surface area contributed by atoms with Crippen molar-refractivity contribution >= 4 is 5.91 Å². The van der Waals surface area contributed by atoms with Crippen LogP contribution in [-0.2, 0) is 11.3 Å². The number of likely N-dealkylation sites (tertiary alicyclic amines) is 1. The standard InChI is InChI=1S/C16H26N4O/c1-12(2)15(17)16(21)19-14-5-8-20(9-6-14)11-13-4-3-7-18-10-13/h3-4,7,10,12,14-15H,5-6,8-9,11,17H2,1-2H3,(H,19,21)/t15-/m0/s1. The van der Waals surface area contributed by atoms with Gasteiger partial charge in [0.15, 0.2) is 0 Å². The average molecular weight is 290 g/mol. The molecule has 0 saturated carbocycles. The van der Waals surface area contributed by atoms with Crippen LogP contribution in [0.25, 0.3) is 0 Å². The Hall–Kier alpha value is -1.46. The molecule has 116 valence electrons. The van der Waals surface area contributed by atoms with Crippen molar-refractivity contribution in [2.75, 3.05) is 13.1 Å². The minimum Gasteiger partial charge on any atom is -0.352 e. The van der Waals surface area contributed by atoms with Crippen LogP contribution in [-0.4, -0.2) is 41.0 Å². The number of carbonyl (C=O) groups excluding carboxylic acids is 1. The van der Waals surface area contributed by atoms with Crippen LogP contribution in [0.3, 0.4) is 0 Å². The highest BCUT2D eigenvalue weighted by Crippen LogP contribution is 2.14. The SMILES string of the molecule is CC(C)[C@H](N)C(=O)NC1CCN(Cc2cccnc2)CC1. The fourth-order valence-electron chi connectivity index (χ4n) is 2.59. The van der Waals surface area contributed by atoms with Crippen LogP contribution in [0.15, 0.2) is 24.5 Å². The number of pyridine rings is 1. The van der Waals surface area contributed by atoms with E-state index in [9.17, 15) is 4.79 Å². The molecule has 0 aliphatic carbocycles. The quantitative estimate of drug-likeness (QED) is 0.853. The molecule has 1 aliphatic heterocycles. The predicted molar refractivity (Wildman–Crippen MR) is 83.5 cm³/mol. The number of rotatable bonds is 5. The second-order valence-corrected chi connectivity index (χ2v) is 6.19. The largest absolute Gasteiger partial charge is 0.352 e. The zero-order valence-electron chi connectivity index (χ0n) is 13.0. The van der Waals surface area contributed by atoms with Crippen LogP contribution < -0.4 is 11.1 Å². The van der Waals surface area contributed by atoms with Gasteiger partial charge < -0.3 is 11.1 Å². The Kier molecular flexibility index (Phi) is 5.70. The lowest BCUT2D eigenvalue weighted by Crippen LogP contribution is -2.51. The van der Waals surface area contributed by atoms with E-state index in [2.05, 4.69) is 21.3 Å². The summed E-state index contributed by atoms with van der Waals surface area (Å²) < 4.78 is 0. The van der Waals surface area contributed by atoms with Gasteiger partial charge in [-0.3, -0.25) is 14.7 Å². The van der Waals surface area contributed by atoms with Crippen molar-refractivity contribution in [1.82, 2.24) is 15.2 Å². The minimum atomic E-state index is -0.404. The summed E-state index contributed by atoms with van der Waals surface area (Å²) >= 11 is 0. The topological polar surface area (TPSA) is 71.2 Å². The zero-order valence-corrected chi connectivity index (χ0v) is 13.0. The molecule has 1 amide bonds. The highest BCUT2D eigenvalue weighted by atomic mass is 16.2. The van der Waals surface area contributed by atoms with Crippen LogP contribution in [0.1, 0.15) is 32.3 Å². The second-order valence-electron chi connectivity index (χ2n) is 6.19. The van der Waals surface area contributed by atoms with Crippen LogP contribution in [0.2, 0.25) is 0 Å². The summed E-state index contributed by atoms with van der Waals surface area (Å²) in [7, 11) is 0. The first kappa shape index (κ1) is 15.9. The molecular formula is C16H26N4O. The highest BCUT2D eigenvalue weighted by molar-refractivity contribution is 5.82. The van der Waals surface area contributed by atoms with E-state index in [4.69, 9.17) is 5.73 Å². The summed E-state index contributed by atoms with van der Waals surface area (Å²) in [5.41, 5.74) is 7.12. The Morgan fingerprint density at radius 1 is 1.48 bits per heavy atom. The minimum absolute atomic E-state index is 0.0179. The number of amides is 1. The molecule has 1 atom stereocenters. The molecule has 1 aromatic rings. The normalized spacial score (nSPS) is 18.7. The molecule has 0 radical (unpaired) electrons. The van der Waals surface area contributed by atoms with Crippen molar-refractivity contribution in [1.29, 1.82) is 0 Å². The molecular weight excluding hydrogens is 264 g/mol. The number of nitrogens with one attached hydrogen (secondary N) is 1. The molecule has 2 rings (SSSR count). The third-order valence-electron chi connectivity index (χ3n) is 4.08. The summed E-state index contributed by atoms with van der Waals surface area (Å²) in [6.07, 6.45) is 5.67. The highest BCUT2D eigenvalue weighted by Gasteiger charge is 2.24. The van der Waals surface area contributed by atoms with Gasteiger partial charge in [-0.25, -0.2) is 0 Å². The molecule has 21 heavy (non-hydrogen) atoms. The first-order valence-electron chi connectivity index (χ1n) is 7.73. The van der Waals surface area contributed by atoms with E-state index in [-0.39, 0.29) is 17.9 Å². The predicted octanol–water partition coefficient (Wildman–Crippen LogP) is 1.15. The Labute approximate surface area is 126 Å². The zero-order chi connectivity index (χ0) is 15.2. The molecule has 1 aliphatic rings. The number of hydrogen-bond donors (Lipinski definition) is 2. The summed E-state index contributed by atoms with van der Waals surface area (Å²) in [4.78, 5) is 18.5. The summed E-state index contributed by atoms with van der Waals surface area (Å²) in [5.74, 6) is 0.159. The lowest BCUT2D eigenvalue weighted by molar-refractivity contribution is -0.124. The van der Waals surface area contributed by atoms with Gasteiger partial charge in [0, 0.05) is 38.1 Å². The fraction of sp³-hybridized carbons (Fsp3) is 0.625. The van der Waals surface area contributed by atoms with Gasteiger partial charge in [0.25, 0.3) is 0 Å². The van der Waals surface area contributed by atoms with E-state index >= 15 is 0 Å². The van der Waals surface area contributed by atoms with Gasteiger partial charge >= 0.3 is 0 Å². The summed E-state index contributed by atoms with van der Waals surface area (Å²) in [6.45, 7) is 6.87. The maximum Gasteiger partial charge on any atom is 0.237 e. The monoisotopic (exact) mass is 290 g/mol. The van der Waals surface area contributed by atoms with Gasteiger partial charge in [0.2, 0.25) is 5.91 Å². The van der Waals surface area contributed by atoms with Crippen molar-refractivity contribution in [3.63, 3.8) is 0 Å². The first-order valence-corrected chi connectivity index (χ1v) is 7.73. The van der Waals surface area contributed by atoms with Crippen molar-refractivity contribution in [3.8, 4) is 0 Å². The Bertz CT molecular complexity index is 441. The Morgan fingerprint density at radius 2 is 2.19 bits per heavy atom. The smallest absolute Gasteiger partial charge is 0.237 e. The van der Waals surface area contributed by atoms with Crippen molar-refractivity contribution in [2.24, 2.45) is 11.7 Å². The van der Waals surface area contributed by atoms with Gasteiger partial charge in [0.05, 0.1) is 6.04 Å². The summed E-state index contributed by atoms with van der Waals surface area (Å²) in [6, 6.07) is 3.92. The number of carbonyl (C=O) groups is 1. The Morgan fingerprint density at radius 3 is 2.76 bits per heavy atom. The molecule has 1 fully saturated rings. The van der Waals surface area contributed by atoms with E-state index in [1.165, 1.54) is 5.56 Å². The lowest BCUT2D eigenvalue weighted by atomic mass is 10.0. The van der Waals surface area contributed by atoms with E-state index in [1.807, 2.05) is 26.1 Å². The number of nitrogens with zero attached hydrogens (tertiary/aromatic N) is 2.